The van der Waals surface area contributed by atoms with Crippen molar-refractivity contribution in [1.82, 2.24) is 34.5 Å². The molecule has 8 rings (SSSR count). The van der Waals surface area contributed by atoms with Gasteiger partial charge in [0.1, 0.15) is 17.0 Å². The molecule has 5 heterocycles. The van der Waals surface area contributed by atoms with Crippen molar-refractivity contribution >= 4 is 51.8 Å². The topological polar surface area (TPSA) is 180 Å². The number of aliphatic hydroxyl groups is 1. The SMILES string of the molecule is C=CCn1c(=O)c2cnc(Nc3ccc(N(C)CCCCNc4ccc5c(c4)CN(C4CCC(=O)NC4=O)C5=O)cc3)nc2n1-c1ccc2c(n1)[C@@](O)(CC)CC2. The van der Waals surface area contributed by atoms with Crippen LogP contribution in [-0.2, 0) is 34.7 Å². The lowest BCUT2D eigenvalue weighted by molar-refractivity contribution is -0.136. The molecule has 2 aliphatic heterocycles. The molecule has 2 atom stereocenters. The maximum absolute atomic E-state index is 13.5. The molecule has 1 unspecified atom stereocenters. The summed E-state index contributed by atoms with van der Waals surface area (Å²) in [6.07, 6.45) is 7.55. The number of anilines is 4. The van der Waals surface area contributed by atoms with E-state index in [0.29, 0.717) is 59.9 Å². The van der Waals surface area contributed by atoms with Gasteiger partial charge in [0.15, 0.2) is 11.5 Å². The molecule has 4 N–H and O–H groups in total. The van der Waals surface area contributed by atoms with Crippen molar-refractivity contribution in [2.24, 2.45) is 0 Å². The predicted molar refractivity (Wildman–Crippen MR) is 217 cm³/mol. The van der Waals surface area contributed by atoms with Crippen LogP contribution in [0.4, 0.5) is 23.0 Å². The van der Waals surface area contributed by atoms with E-state index in [1.54, 1.807) is 15.7 Å². The monoisotopic (exact) mass is 770 g/mol. The smallest absolute Gasteiger partial charge is 0.278 e. The van der Waals surface area contributed by atoms with Gasteiger partial charge in [0, 0.05) is 61.9 Å². The standard InChI is InChI=1S/C42H46N10O5/c1-4-21-51-40(56)32-24-44-41(48-37(32)52(51)34-16-8-26-18-19-42(57,5-2)36(26)46-34)45-28-9-12-30(13-10-28)49(3)22-7-6-20-43-29-11-14-31-27(23-29)25-50(39(31)55)33-15-17-35(53)47-38(33)54/h4,8-14,16,23-24,33,43,57H,1,5-7,15,17-22,25H2,2-3H3,(H,44,45,48)(H,47,53,54)/t33?,42-/m1/s1. The van der Waals surface area contributed by atoms with Crippen LogP contribution in [0.1, 0.15) is 72.6 Å². The Morgan fingerprint density at radius 3 is 2.60 bits per heavy atom. The molecular weight excluding hydrogens is 725 g/mol. The highest BCUT2D eigenvalue weighted by atomic mass is 16.3. The van der Waals surface area contributed by atoms with E-state index in [1.807, 2.05) is 61.5 Å². The Bertz CT molecular complexity index is 2460. The first-order valence-electron chi connectivity index (χ1n) is 19.5. The Kier molecular flexibility index (Phi) is 10.1. The van der Waals surface area contributed by atoms with E-state index >= 15 is 0 Å². The molecule has 294 valence electrons. The number of hydrogen-bond acceptors (Lipinski definition) is 11. The van der Waals surface area contributed by atoms with Crippen molar-refractivity contribution in [2.75, 3.05) is 35.7 Å². The third-order valence-electron chi connectivity index (χ3n) is 11.3. The van der Waals surface area contributed by atoms with Crippen molar-refractivity contribution in [2.45, 2.75) is 76.6 Å². The van der Waals surface area contributed by atoms with Crippen LogP contribution in [0.2, 0.25) is 0 Å². The number of aryl methyl sites for hydroxylation is 1. The number of unbranched alkanes of at least 4 members (excludes halogenated alkanes) is 1. The summed E-state index contributed by atoms with van der Waals surface area (Å²) in [4.78, 5) is 68.3. The van der Waals surface area contributed by atoms with Gasteiger partial charge in [0.2, 0.25) is 17.8 Å². The van der Waals surface area contributed by atoms with E-state index in [0.717, 1.165) is 60.5 Å². The number of pyridine rings is 1. The molecule has 0 bridgehead atoms. The molecule has 57 heavy (non-hydrogen) atoms. The maximum atomic E-state index is 13.5. The summed E-state index contributed by atoms with van der Waals surface area (Å²) < 4.78 is 3.21. The average Bonchev–Trinajstić information content (AvgIpc) is 3.82. The zero-order valence-electron chi connectivity index (χ0n) is 32.1. The van der Waals surface area contributed by atoms with E-state index < -0.39 is 17.6 Å². The third kappa shape index (κ3) is 7.14. The lowest BCUT2D eigenvalue weighted by Gasteiger charge is -2.29. The highest BCUT2D eigenvalue weighted by Gasteiger charge is 2.39. The number of rotatable bonds is 14. The first kappa shape index (κ1) is 37.6. The van der Waals surface area contributed by atoms with Gasteiger partial charge in [-0.25, -0.2) is 19.3 Å². The number of imide groups is 1. The Hall–Kier alpha value is -6.35. The number of fused-ring (bicyclic) bond motifs is 3. The van der Waals surface area contributed by atoms with Crippen molar-refractivity contribution in [1.29, 1.82) is 0 Å². The number of aromatic nitrogens is 5. The van der Waals surface area contributed by atoms with Crippen LogP contribution in [0.5, 0.6) is 0 Å². The molecule has 0 spiro atoms. The summed E-state index contributed by atoms with van der Waals surface area (Å²) in [7, 11) is 2.06. The second-order valence-corrected chi connectivity index (χ2v) is 15.0. The summed E-state index contributed by atoms with van der Waals surface area (Å²) in [6, 6.07) is 16.9. The van der Waals surface area contributed by atoms with Crippen molar-refractivity contribution in [3.05, 3.63) is 106 Å². The molecule has 1 fully saturated rings. The summed E-state index contributed by atoms with van der Waals surface area (Å²) in [5.41, 5.74) is 5.04. The van der Waals surface area contributed by atoms with E-state index in [4.69, 9.17) is 9.97 Å². The van der Waals surface area contributed by atoms with Crippen molar-refractivity contribution < 1.29 is 19.5 Å². The van der Waals surface area contributed by atoms with Crippen molar-refractivity contribution in [3.8, 4) is 5.82 Å². The molecule has 1 saturated heterocycles. The number of amides is 3. The van der Waals surface area contributed by atoms with Crippen LogP contribution in [0, 0.1) is 0 Å². The van der Waals surface area contributed by atoms with Gasteiger partial charge in [-0.2, -0.15) is 4.98 Å². The molecule has 0 radical (unpaired) electrons. The summed E-state index contributed by atoms with van der Waals surface area (Å²) in [6.45, 7) is 7.99. The maximum Gasteiger partial charge on any atom is 0.278 e. The normalized spacial score (nSPS) is 18.8. The zero-order valence-corrected chi connectivity index (χ0v) is 32.1. The van der Waals surface area contributed by atoms with Gasteiger partial charge in [-0.1, -0.05) is 19.1 Å². The van der Waals surface area contributed by atoms with E-state index in [1.165, 1.54) is 10.9 Å². The number of carbonyl (C=O) groups excluding carboxylic acids is 3. The zero-order chi connectivity index (χ0) is 39.8. The lowest BCUT2D eigenvalue weighted by Crippen LogP contribution is -2.52. The minimum absolute atomic E-state index is 0.175. The average molecular weight is 771 g/mol. The molecule has 5 aromatic rings. The van der Waals surface area contributed by atoms with Crippen LogP contribution in [0.15, 0.2) is 78.2 Å². The number of piperidine rings is 1. The van der Waals surface area contributed by atoms with Gasteiger partial charge in [0.25, 0.3) is 11.5 Å². The van der Waals surface area contributed by atoms with Gasteiger partial charge in [-0.05, 0) is 98.2 Å². The van der Waals surface area contributed by atoms with E-state index in [-0.39, 0.29) is 30.3 Å². The van der Waals surface area contributed by atoms with Crippen LogP contribution in [-0.4, -0.2) is 78.2 Å². The van der Waals surface area contributed by atoms with Gasteiger partial charge >= 0.3 is 0 Å². The van der Waals surface area contributed by atoms with Gasteiger partial charge in [-0.3, -0.25) is 24.5 Å². The van der Waals surface area contributed by atoms with E-state index in [2.05, 4.69) is 39.5 Å². The molecule has 0 saturated carbocycles. The summed E-state index contributed by atoms with van der Waals surface area (Å²) >= 11 is 0. The molecule has 2 aromatic carbocycles. The Morgan fingerprint density at radius 1 is 1.02 bits per heavy atom. The first-order valence-corrected chi connectivity index (χ1v) is 19.5. The predicted octanol–water partition coefficient (Wildman–Crippen LogP) is 4.54. The minimum Gasteiger partial charge on any atom is -0.385 e. The second-order valence-electron chi connectivity index (χ2n) is 15.0. The second kappa shape index (κ2) is 15.3. The number of benzene rings is 2. The Balaban J connectivity index is 0.869. The van der Waals surface area contributed by atoms with Crippen LogP contribution in [0.25, 0.3) is 16.9 Å². The molecule has 15 heteroatoms. The number of allylic oxidation sites excluding steroid dienone is 1. The molecule has 15 nitrogen and oxygen atoms in total. The number of hydrogen-bond donors (Lipinski definition) is 4. The lowest BCUT2D eigenvalue weighted by atomic mass is 9.98. The fourth-order valence-corrected chi connectivity index (χ4v) is 8.06. The van der Waals surface area contributed by atoms with E-state index in [9.17, 15) is 24.3 Å². The van der Waals surface area contributed by atoms with Gasteiger partial charge in [0.05, 0.1) is 12.2 Å². The Labute approximate surface area is 329 Å². The molecular formula is C42H46N10O5. The highest BCUT2D eigenvalue weighted by Crippen LogP contribution is 2.38. The number of nitrogens with zero attached hydrogens (tertiary/aromatic N) is 7. The number of carbonyl (C=O) groups is 3. The largest absolute Gasteiger partial charge is 0.385 e. The molecule has 3 amide bonds. The fourth-order valence-electron chi connectivity index (χ4n) is 8.06. The minimum atomic E-state index is -1.00. The van der Waals surface area contributed by atoms with Crippen molar-refractivity contribution in [3.63, 3.8) is 0 Å². The molecule has 3 aromatic heterocycles. The summed E-state index contributed by atoms with van der Waals surface area (Å²) in [5.74, 6) is -0.0623. The quantitative estimate of drug-likeness (QED) is 0.0708. The van der Waals surface area contributed by atoms with Crippen LogP contribution >= 0.6 is 0 Å². The molecule has 1 aliphatic carbocycles. The first-order chi connectivity index (χ1) is 27.6. The summed E-state index contributed by atoms with van der Waals surface area (Å²) in [5, 5.41) is 20.7. The highest BCUT2D eigenvalue weighted by molar-refractivity contribution is 6.05. The van der Waals surface area contributed by atoms with Crippen LogP contribution < -0.4 is 26.4 Å². The Morgan fingerprint density at radius 2 is 1.82 bits per heavy atom. The molecule has 3 aliphatic rings. The van der Waals surface area contributed by atoms with Crippen LogP contribution in [0.3, 0.4) is 0 Å². The van der Waals surface area contributed by atoms with Gasteiger partial charge < -0.3 is 25.5 Å². The fraction of sp³-hybridized carbons (Fsp3) is 0.357. The number of nitrogens with one attached hydrogen (secondary N) is 3. The van der Waals surface area contributed by atoms with Gasteiger partial charge in [-0.15, -0.1) is 6.58 Å². The third-order valence-corrected chi connectivity index (χ3v) is 11.3.